The topological polar surface area (TPSA) is 109 Å². The van der Waals surface area contributed by atoms with E-state index in [4.69, 9.17) is 5.11 Å². The van der Waals surface area contributed by atoms with Gasteiger partial charge >= 0.3 is 0 Å². The number of rotatable bonds is 6. The van der Waals surface area contributed by atoms with Crippen LogP contribution in [0.3, 0.4) is 0 Å². The molecule has 1 aliphatic rings. The lowest BCUT2D eigenvalue weighted by atomic mass is 9.83. The number of fused-ring (bicyclic) bond motifs is 1. The number of carbonyl (C=O) groups excluding carboxylic acids is 1. The maximum Gasteiger partial charge on any atom is 0.212 e. The number of hydrogen-bond donors (Lipinski definition) is 1. The number of ketones is 1. The average molecular weight is 458 g/mol. The molecule has 0 unspecified atom stereocenters. The average Bonchev–Trinajstić information content (AvgIpc) is 3.52. The highest BCUT2D eigenvalue weighted by Gasteiger charge is 2.25. The lowest BCUT2D eigenvalue weighted by Crippen LogP contribution is -2.21. The molecule has 0 bridgehead atoms. The fourth-order valence-electron chi connectivity index (χ4n) is 4.80. The molecular formula is C25H23FN6O2. The van der Waals surface area contributed by atoms with Crippen LogP contribution in [0.1, 0.15) is 43.7 Å². The molecule has 0 aliphatic heterocycles. The van der Waals surface area contributed by atoms with E-state index in [0.717, 1.165) is 42.4 Å². The predicted molar refractivity (Wildman–Crippen MR) is 122 cm³/mol. The summed E-state index contributed by atoms with van der Waals surface area (Å²) in [7, 11) is 0. The zero-order chi connectivity index (χ0) is 23.7. The Bertz CT molecular complexity index is 1380. The van der Waals surface area contributed by atoms with Gasteiger partial charge in [-0.15, -0.1) is 0 Å². The van der Waals surface area contributed by atoms with Crippen molar-refractivity contribution in [3.05, 3.63) is 60.7 Å². The molecule has 0 saturated heterocycles. The maximum atomic E-state index is 13.4. The largest absolute Gasteiger partial charge is 0.389 e. The summed E-state index contributed by atoms with van der Waals surface area (Å²) in [6, 6.07) is 7.31. The highest BCUT2D eigenvalue weighted by atomic mass is 19.1. The first kappa shape index (κ1) is 21.9. The minimum absolute atomic E-state index is 0.0921. The van der Waals surface area contributed by atoms with Gasteiger partial charge in [-0.05, 0) is 49.8 Å². The molecular weight excluding hydrogens is 435 g/mol. The molecule has 172 valence electrons. The molecule has 0 spiro atoms. The standard InChI is InChI=1S/C25H23FN6O2/c26-24-6-3-17(10-28-24)23-8-18(13-32-25(23)19(9-27)11-30-32)20-12-29-31(14-20)21-4-1-16(2-5-21)7-22(34)15-33/h3,6,8,10-14,16,21,33H,1-2,4-5,7,15H2. The molecule has 1 saturated carbocycles. The van der Waals surface area contributed by atoms with Crippen LogP contribution in [0.4, 0.5) is 4.39 Å². The summed E-state index contributed by atoms with van der Waals surface area (Å²) < 4.78 is 17.0. The molecule has 9 heteroatoms. The van der Waals surface area contributed by atoms with Crippen molar-refractivity contribution in [2.24, 2.45) is 5.92 Å². The second-order valence-electron chi connectivity index (χ2n) is 8.76. The molecule has 4 aromatic rings. The molecule has 4 heterocycles. The Morgan fingerprint density at radius 1 is 1.09 bits per heavy atom. The molecule has 0 atom stereocenters. The van der Waals surface area contributed by atoms with Crippen molar-refractivity contribution >= 4 is 11.3 Å². The molecule has 8 nitrogen and oxygen atoms in total. The van der Waals surface area contributed by atoms with Crippen LogP contribution in [-0.2, 0) is 4.79 Å². The van der Waals surface area contributed by atoms with Crippen LogP contribution in [0.2, 0.25) is 0 Å². The first-order chi connectivity index (χ1) is 16.6. The number of nitrogens with zero attached hydrogens (tertiary/aromatic N) is 6. The summed E-state index contributed by atoms with van der Waals surface area (Å²) in [6.45, 7) is -0.380. The van der Waals surface area contributed by atoms with Crippen LogP contribution < -0.4 is 0 Å². The number of aliphatic hydroxyl groups excluding tert-OH is 1. The van der Waals surface area contributed by atoms with Gasteiger partial charge in [-0.2, -0.15) is 19.8 Å². The number of pyridine rings is 2. The number of aromatic nitrogens is 5. The van der Waals surface area contributed by atoms with E-state index in [-0.39, 0.29) is 18.4 Å². The summed E-state index contributed by atoms with van der Waals surface area (Å²) in [5, 5.41) is 27.5. The first-order valence-electron chi connectivity index (χ1n) is 11.3. The van der Waals surface area contributed by atoms with Gasteiger partial charge in [0.1, 0.15) is 12.7 Å². The van der Waals surface area contributed by atoms with E-state index in [0.29, 0.717) is 29.0 Å². The summed E-state index contributed by atoms with van der Waals surface area (Å²) in [5.41, 5.74) is 4.27. The van der Waals surface area contributed by atoms with Gasteiger partial charge in [0.25, 0.3) is 0 Å². The molecule has 5 rings (SSSR count). The third kappa shape index (κ3) is 4.20. The fraction of sp³-hybridized carbons (Fsp3) is 0.320. The minimum atomic E-state index is -0.568. The van der Waals surface area contributed by atoms with Crippen molar-refractivity contribution < 1.29 is 14.3 Å². The van der Waals surface area contributed by atoms with E-state index < -0.39 is 5.95 Å². The summed E-state index contributed by atoms with van der Waals surface area (Å²) in [5.74, 6) is -0.332. The van der Waals surface area contributed by atoms with Gasteiger partial charge in [0.2, 0.25) is 5.95 Å². The van der Waals surface area contributed by atoms with Gasteiger partial charge in [-0.25, -0.2) is 9.50 Å². The van der Waals surface area contributed by atoms with Crippen molar-refractivity contribution in [3.63, 3.8) is 0 Å². The van der Waals surface area contributed by atoms with Crippen molar-refractivity contribution in [2.45, 2.75) is 38.1 Å². The number of halogens is 1. The Labute approximate surface area is 195 Å². The van der Waals surface area contributed by atoms with E-state index in [2.05, 4.69) is 21.3 Å². The van der Waals surface area contributed by atoms with E-state index in [1.54, 1.807) is 10.6 Å². The van der Waals surface area contributed by atoms with Crippen LogP contribution in [-0.4, -0.2) is 41.9 Å². The van der Waals surface area contributed by atoms with Gasteiger partial charge < -0.3 is 5.11 Å². The molecule has 0 aromatic carbocycles. The summed E-state index contributed by atoms with van der Waals surface area (Å²) in [4.78, 5) is 15.3. The molecule has 0 radical (unpaired) electrons. The number of hydrogen-bond acceptors (Lipinski definition) is 6. The second-order valence-corrected chi connectivity index (χ2v) is 8.76. The summed E-state index contributed by atoms with van der Waals surface area (Å²) >= 11 is 0. The Hall–Kier alpha value is -3.90. The normalized spacial score (nSPS) is 18.1. The van der Waals surface area contributed by atoms with Gasteiger partial charge in [0.05, 0.1) is 29.5 Å². The Kier molecular flexibility index (Phi) is 5.90. The summed E-state index contributed by atoms with van der Waals surface area (Å²) in [6.07, 6.45) is 12.8. The lowest BCUT2D eigenvalue weighted by molar-refractivity contribution is -0.122. The van der Waals surface area contributed by atoms with Gasteiger partial charge in [0, 0.05) is 47.3 Å². The number of aliphatic hydroxyl groups is 1. The van der Waals surface area contributed by atoms with E-state index in [9.17, 15) is 14.4 Å². The lowest BCUT2D eigenvalue weighted by Gasteiger charge is -2.28. The SMILES string of the molecule is N#Cc1cnn2cc(-c3cnn(C4CCC(CC(=O)CO)CC4)c3)cc(-c3ccc(F)nc3)c12. The molecule has 1 N–H and O–H groups in total. The Morgan fingerprint density at radius 3 is 2.62 bits per heavy atom. The van der Waals surface area contributed by atoms with Gasteiger partial charge in [-0.1, -0.05) is 0 Å². The Balaban J connectivity index is 1.44. The van der Waals surface area contributed by atoms with Crippen molar-refractivity contribution in [3.8, 4) is 28.3 Å². The molecule has 34 heavy (non-hydrogen) atoms. The Morgan fingerprint density at radius 2 is 1.91 bits per heavy atom. The zero-order valence-corrected chi connectivity index (χ0v) is 18.4. The molecule has 1 fully saturated rings. The third-order valence-electron chi connectivity index (χ3n) is 6.59. The van der Waals surface area contributed by atoms with Crippen molar-refractivity contribution in [1.29, 1.82) is 5.26 Å². The smallest absolute Gasteiger partial charge is 0.212 e. The van der Waals surface area contributed by atoms with Crippen molar-refractivity contribution in [1.82, 2.24) is 24.4 Å². The van der Waals surface area contributed by atoms with Crippen molar-refractivity contribution in [2.75, 3.05) is 6.61 Å². The van der Waals surface area contributed by atoms with Crippen LogP contribution in [0.15, 0.2) is 49.2 Å². The van der Waals surface area contributed by atoms with Crippen LogP contribution in [0, 0.1) is 23.2 Å². The third-order valence-corrected chi connectivity index (χ3v) is 6.59. The van der Waals surface area contributed by atoms with Crippen LogP contribution in [0.25, 0.3) is 27.8 Å². The zero-order valence-electron chi connectivity index (χ0n) is 18.4. The molecule has 0 amide bonds. The fourth-order valence-corrected chi connectivity index (χ4v) is 4.80. The van der Waals surface area contributed by atoms with E-state index in [1.165, 1.54) is 18.5 Å². The maximum absolute atomic E-state index is 13.4. The molecule has 1 aliphatic carbocycles. The van der Waals surface area contributed by atoms with Crippen LogP contribution in [0.5, 0.6) is 0 Å². The predicted octanol–water partition coefficient (Wildman–Crippen LogP) is 3.95. The highest BCUT2D eigenvalue weighted by molar-refractivity contribution is 5.87. The highest BCUT2D eigenvalue weighted by Crippen LogP contribution is 2.36. The minimum Gasteiger partial charge on any atom is -0.389 e. The van der Waals surface area contributed by atoms with Gasteiger partial charge in [0.15, 0.2) is 5.78 Å². The first-order valence-corrected chi connectivity index (χ1v) is 11.3. The van der Waals surface area contributed by atoms with Crippen LogP contribution >= 0.6 is 0 Å². The number of Topliss-reactive ketones (excluding diaryl/α,β-unsaturated/α-hetero) is 1. The number of nitriles is 1. The quantitative estimate of drug-likeness (QED) is 0.438. The van der Waals surface area contributed by atoms with E-state index in [1.807, 2.05) is 29.3 Å². The second kappa shape index (κ2) is 9.15. The van der Waals surface area contributed by atoms with E-state index >= 15 is 0 Å². The van der Waals surface area contributed by atoms with Gasteiger partial charge in [-0.3, -0.25) is 9.48 Å². The number of carbonyl (C=O) groups is 1. The monoisotopic (exact) mass is 458 g/mol. The molecule has 4 aromatic heterocycles.